The van der Waals surface area contributed by atoms with Crippen molar-refractivity contribution in [3.8, 4) is 0 Å². The van der Waals surface area contributed by atoms with Gasteiger partial charge in [0.15, 0.2) is 11.6 Å². The van der Waals surface area contributed by atoms with Crippen LogP contribution in [0.5, 0.6) is 0 Å². The van der Waals surface area contributed by atoms with E-state index in [0.29, 0.717) is 22.3 Å². The van der Waals surface area contributed by atoms with Gasteiger partial charge < -0.3 is 0 Å². The van der Waals surface area contributed by atoms with E-state index >= 15 is 0 Å². The Balaban J connectivity index is 0.000000196. The predicted octanol–water partition coefficient (Wildman–Crippen LogP) is 2.20. The third-order valence-electron chi connectivity index (χ3n) is 4.96. The molecule has 0 saturated carbocycles. The maximum atomic E-state index is 13.0. The topological polar surface area (TPSA) is 110 Å². The Kier molecular flexibility index (Phi) is 7.69. The summed E-state index contributed by atoms with van der Waals surface area (Å²) in [6.07, 6.45) is 2.84. The maximum Gasteiger partial charge on any atom is 0.328 e. The number of hydrogen-bond acceptors (Lipinski definition) is 4. The third-order valence-corrected chi connectivity index (χ3v) is 4.96. The second-order valence-electron chi connectivity index (χ2n) is 7.78. The van der Waals surface area contributed by atoms with Crippen molar-refractivity contribution in [2.45, 2.75) is 26.9 Å². The number of benzene rings is 2. The Morgan fingerprint density at radius 3 is 1.69 bits per heavy atom. The molecule has 0 spiro atoms. The molecule has 2 aromatic carbocycles. The molecule has 4 rings (SSSR count). The zero-order valence-electron chi connectivity index (χ0n) is 18.8. The molecule has 0 fully saturated rings. The first-order valence-corrected chi connectivity index (χ1v) is 10.3. The van der Waals surface area contributed by atoms with Gasteiger partial charge in [-0.3, -0.25) is 28.7 Å². The molecule has 0 aliphatic rings. The number of H-pyrrole nitrogens is 2. The number of aromatic amines is 2. The first-order valence-electron chi connectivity index (χ1n) is 10.3. The largest absolute Gasteiger partial charge is 0.328 e. The second kappa shape index (κ2) is 10.7. The summed E-state index contributed by atoms with van der Waals surface area (Å²) in [4.78, 5) is 49.7. The molecule has 0 unspecified atom stereocenters. The van der Waals surface area contributed by atoms with E-state index in [2.05, 4.69) is 9.97 Å². The van der Waals surface area contributed by atoms with Crippen LogP contribution in [0.25, 0.3) is 0 Å². The molecule has 0 saturated heterocycles. The van der Waals surface area contributed by atoms with Crippen LogP contribution in [0.4, 0.5) is 13.2 Å². The molecule has 11 heteroatoms. The van der Waals surface area contributed by atoms with Gasteiger partial charge in [0.1, 0.15) is 5.82 Å². The summed E-state index contributed by atoms with van der Waals surface area (Å²) in [5, 5.41) is 0. The summed E-state index contributed by atoms with van der Waals surface area (Å²) in [5.41, 5.74) is -0.0218. The summed E-state index contributed by atoms with van der Waals surface area (Å²) < 4.78 is 41.3. The first-order chi connectivity index (χ1) is 16.5. The van der Waals surface area contributed by atoms with E-state index in [1.165, 1.54) is 39.7 Å². The van der Waals surface area contributed by atoms with E-state index in [4.69, 9.17) is 0 Å². The summed E-state index contributed by atoms with van der Waals surface area (Å²) in [6.45, 7) is 3.46. The average Bonchev–Trinajstić information content (AvgIpc) is 2.79. The fraction of sp³-hybridized carbons (Fsp3) is 0.167. The molecule has 0 bridgehead atoms. The van der Waals surface area contributed by atoms with Gasteiger partial charge in [0.25, 0.3) is 11.1 Å². The van der Waals surface area contributed by atoms with Crippen LogP contribution in [0.15, 0.2) is 74.0 Å². The Hall–Kier alpha value is -4.41. The van der Waals surface area contributed by atoms with Crippen LogP contribution in [0, 0.1) is 31.3 Å². The van der Waals surface area contributed by atoms with E-state index in [-0.39, 0.29) is 18.9 Å². The van der Waals surface area contributed by atoms with E-state index in [1.54, 1.807) is 26.0 Å². The molecule has 2 heterocycles. The average molecular weight is 486 g/mol. The van der Waals surface area contributed by atoms with Crippen molar-refractivity contribution in [3.05, 3.63) is 136 Å². The molecule has 2 N–H and O–H groups in total. The van der Waals surface area contributed by atoms with Gasteiger partial charge in [-0.2, -0.15) is 0 Å². The second-order valence-corrected chi connectivity index (χ2v) is 7.78. The predicted molar refractivity (Wildman–Crippen MR) is 123 cm³/mol. The van der Waals surface area contributed by atoms with Crippen molar-refractivity contribution in [2.24, 2.45) is 0 Å². The van der Waals surface area contributed by atoms with Crippen molar-refractivity contribution >= 4 is 0 Å². The van der Waals surface area contributed by atoms with E-state index < -0.39 is 34.1 Å². The van der Waals surface area contributed by atoms with Gasteiger partial charge in [0.2, 0.25) is 0 Å². The smallest absolute Gasteiger partial charge is 0.296 e. The minimum absolute atomic E-state index is 0.0631. The molecular weight excluding hydrogens is 465 g/mol. The Morgan fingerprint density at radius 2 is 1.20 bits per heavy atom. The van der Waals surface area contributed by atoms with Gasteiger partial charge in [-0.15, -0.1) is 0 Å². The summed E-state index contributed by atoms with van der Waals surface area (Å²) in [6, 6.07) is 9.38. The Morgan fingerprint density at radius 1 is 0.686 bits per heavy atom. The standard InChI is InChI=1S/C12H10F2N2O2.C12H11FN2O2/c1-7-5-16(12(18)15-11(7)17)6-8-2-3-9(13)10(14)4-8;1-8-6-15(12(17)14-11(8)16)7-9-3-2-4-10(13)5-9/h2-5H,6H2,1H3,(H,15,17,18);2-6H,7H2,1H3,(H,14,16,17). The molecular formula is C24H21F3N4O4. The normalized spacial score (nSPS) is 10.5. The van der Waals surface area contributed by atoms with Crippen molar-refractivity contribution < 1.29 is 13.2 Å². The molecule has 8 nitrogen and oxygen atoms in total. The molecule has 182 valence electrons. The van der Waals surface area contributed by atoms with Crippen LogP contribution in [0.1, 0.15) is 22.3 Å². The van der Waals surface area contributed by atoms with Gasteiger partial charge in [-0.1, -0.05) is 18.2 Å². The van der Waals surface area contributed by atoms with Crippen LogP contribution >= 0.6 is 0 Å². The lowest BCUT2D eigenvalue weighted by Gasteiger charge is -2.06. The third kappa shape index (κ3) is 6.56. The number of nitrogens with one attached hydrogen (secondary N) is 2. The van der Waals surface area contributed by atoms with Crippen LogP contribution in [0.2, 0.25) is 0 Å². The first kappa shape index (κ1) is 25.2. The highest BCUT2D eigenvalue weighted by molar-refractivity contribution is 5.19. The highest BCUT2D eigenvalue weighted by Gasteiger charge is 2.06. The van der Waals surface area contributed by atoms with Crippen molar-refractivity contribution in [3.63, 3.8) is 0 Å². The molecule has 2 aromatic heterocycles. The van der Waals surface area contributed by atoms with Crippen LogP contribution < -0.4 is 22.5 Å². The van der Waals surface area contributed by atoms with Gasteiger partial charge >= 0.3 is 11.4 Å². The van der Waals surface area contributed by atoms with E-state index in [9.17, 15) is 32.3 Å². The summed E-state index contributed by atoms with van der Waals surface area (Å²) in [5.74, 6) is -2.26. The number of halogens is 3. The minimum atomic E-state index is -0.971. The van der Waals surface area contributed by atoms with E-state index in [1.807, 2.05) is 0 Å². The number of aryl methyl sites for hydroxylation is 2. The lowest BCUT2D eigenvalue weighted by molar-refractivity contribution is 0.506. The van der Waals surface area contributed by atoms with Gasteiger partial charge in [0.05, 0.1) is 13.1 Å². The zero-order valence-corrected chi connectivity index (χ0v) is 18.8. The Bertz CT molecular complexity index is 1600. The number of aromatic nitrogens is 4. The van der Waals surface area contributed by atoms with Crippen LogP contribution in [0.3, 0.4) is 0 Å². The maximum absolute atomic E-state index is 13.0. The van der Waals surface area contributed by atoms with E-state index in [0.717, 1.165) is 12.1 Å². The molecule has 0 atom stereocenters. The monoisotopic (exact) mass is 486 g/mol. The molecule has 0 radical (unpaired) electrons. The molecule has 0 aliphatic carbocycles. The SMILES string of the molecule is Cc1cn(Cc2ccc(F)c(F)c2)c(=O)[nH]c1=O.Cc1cn(Cc2cccc(F)c2)c(=O)[nH]c1=O. The lowest BCUT2D eigenvalue weighted by Crippen LogP contribution is -2.31. The summed E-state index contributed by atoms with van der Waals surface area (Å²) in [7, 11) is 0. The van der Waals surface area contributed by atoms with Gasteiger partial charge in [-0.25, -0.2) is 22.8 Å². The molecule has 0 amide bonds. The fourth-order valence-electron chi connectivity index (χ4n) is 3.14. The highest BCUT2D eigenvalue weighted by atomic mass is 19.2. The summed E-state index contributed by atoms with van der Waals surface area (Å²) >= 11 is 0. The molecule has 4 aromatic rings. The number of rotatable bonds is 4. The Labute approximate surface area is 196 Å². The van der Waals surface area contributed by atoms with Crippen molar-refractivity contribution in [1.82, 2.24) is 19.1 Å². The fourth-order valence-corrected chi connectivity index (χ4v) is 3.14. The zero-order chi connectivity index (χ0) is 25.7. The highest BCUT2D eigenvalue weighted by Crippen LogP contribution is 2.09. The van der Waals surface area contributed by atoms with Gasteiger partial charge in [0, 0.05) is 23.5 Å². The van der Waals surface area contributed by atoms with Gasteiger partial charge in [-0.05, 0) is 49.2 Å². The minimum Gasteiger partial charge on any atom is -0.296 e. The lowest BCUT2D eigenvalue weighted by atomic mass is 10.2. The van der Waals surface area contributed by atoms with Crippen LogP contribution in [-0.4, -0.2) is 19.1 Å². The molecule has 0 aliphatic heterocycles. The van der Waals surface area contributed by atoms with Crippen molar-refractivity contribution in [1.29, 1.82) is 0 Å². The quantitative estimate of drug-likeness (QED) is 0.461. The van der Waals surface area contributed by atoms with Crippen LogP contribution in [-0.2, 0) is 13.1 Å². The number of hydrogen-bond donors (Lipinski definition) is 2. The number of nitrogens with zero attached hydrogens (tertiary/aromatic N) is 2. The molecule has 35 heavy (non-hydrogen) atoms. The van der Waals surface area contributed by atoms with Crippen molar-refractivity contribution in [2.75, 3.05) is 0 Å².